The molecule has 0 spiro atoms. The average Bonchev–Trinajstić information content (AvgIpc) is 3.20. The van der Waals surface area contributed by atoms with Crippen LogP contribution in [0.4, 0.5) is 4.39 Å². The molecule has 1 aromatic carbocycles. The third-order valence-electron chi connectivity index (χ3n) is 2.83. The lowest BCUT2D eigenvalue weighted by Gasteiger charge is -2.08. The molecule has 1 amide bonds. The Morgan fingerprint density at radius 3 is 2.57 bits per heavy atom. The monoisotopic (exact) mass is 316 g/mol. The Kier molecular flexibility index (Phi) is 4.24. The van der Waals surface area contributed by atoms with Crippen molar-refractivity contribution in [2.45, 2.75) is 23.8 Å². The van der Waals surface area contributed by atoms with Gasteiger partial charge in [0.15, 0.2) is 0 Å². The van der Waals surface area contributed by atoms with E-state index in [0.717, 1.165) is 25.0 Å². The lowest BCUT2D eigenvalue weighted by atomic mass is 10.2. The van der Waals surface area contributed by atoms with Gasteiger partial charge in [0, 0.05) is 6.04 Å². The van der Waals surface area contributed by atoms with Gasteiger partial charge in [0.2, 0.25) is 15.9 Å². The summed E-state index contributed by atoms with van der Waals surface area (Å²) in [5, 5.41) is 11.4. The molecule has 2 rings (SSSR count). The highest BCUT2D eigenvalue weighted by Gasteiger charge is 2.25. The number of aromatic carboxylic acids is 1. The molecule has 7 nitrogen and oxygen atoms in total. The lowest BCUT2D eigenvalue weighted by molar-refractivity contribution is -0.120. The first-order valence-electron chi connectivity index (χ1n) is 6.11. The minimum atomic E-state index is -4.31. The zero-order chi connectivity index (χ0) is 15.6. The van der Waals surface area contributed by atoms with Crippen molar-refractivity contribution in [2.24, 2.45) is 0 Å². The Labute approximate surface area is 120 Å². The first-order chi connectivity index (χ1) is 9.79. The van der Waals surface area contributed by atoms with Crippen molar-refractivity contribution >= 4 is 21.9 Å². The van der Waals surface area contributed by atoms with E-state index in [1.165, 1.54) is 0 Å². The fourth-order valence-electron chi connectivity index (χ4n) is 1.59. The second-order valence-corrected chi connectivity index (χ2v) is 6.35. The van der Waals surface area contributed by atoms with E-state index in [0.29, 0.717) is 6.07 Å². The third-order valence-corrected chi connectivity index (χ3v) is 4.25. The highest BCUT2D eigenvalue weighted by Crippen LogP contribution is 2.18. The molecule has 0 atom stereocenters. The van der Waals surface area contributed by atoms with Crippen LogP contribution in [-0.4, -0.2) is 38.0 Å². The number of carboxylic acid groups (broad SMARTS) is 1. The SMILES string of the molecule is O=C(CNS(=O)(=O)c1cc(C(=O)O)ccc1F)NC1CC1. The van der Waals surface area contributed by atoms with Crippen molar-refractivity contribution in [2.75, 3.05) is 6.54 Å². The molecule has 0 saturated heterocycles. The van der Waals surface area contributed by atoms with Crippen LogP contribution in [0.25, 0.3) is 0 Å². The number of amides is 1. The third kappa shape index (κ3) is 3.99. The minimum absolute atomic E-state index is 0.0779. The topological polar surface area (TPSA) is 113 Å². The van der Waals surface area contributed by atoms with Gasteiger partial charge < -0.3 is 10.4 Å². The lowest BCUT2D eigenvalue weighted by Crippen LogP contribution is -2.38. The molecule has 0 unspecified atom stereocenters. The van der Waals surface area contributed by atoms with Crippen molar-refractivity contribution in [1.29, 1.82) is 0 Å². The van der Waals surface area contributed by atoms with E-state index in [-0.39, 0.29) is 11.6 Å². The van der Waals surface area contributed by atoms with Gasteiger partial charge in [-0.15, -0.1) is 0 Å². The fraction of sp³-hybridized carbons (Fsp3) is 0.333. The van der Waals surface area contributed by atoms with Gasteiger partial charge in [0.1, 0.15) is 10.7 Å². The molecule has 0 bridgehead atoms. The van der Waals surface area contributed by atoms with Crippen molar-refractivity contribution in [1.82, 2.24) is 10.0 Å². The van der Waals surface area contributed by atoms with E-state index >= 15 is 0 Å². The van der Waals surface area contributed by atoms with Crippen LogP contribution in [-0.2, 0) is 14.8 Å². The van der Waals surface area contributed by atoms with Crippen LogP contribution < -0.4 is 10.0 Å². The molecule has 1 fully saturated rings. The van der Waals surface area contributed by atoms with Gasteiger partial charge in [0.25, 0.3) is 0 Å². The summed E-state index contributed by atoms with van der Waals surface area (Å²) in [5.74, 6) is -2.98. The van der Waals surface area contributed by atoms with Crippen molar-refractivity contribution in [3.63, 3.8) is 0 Å². The largest absolute Gasteiger partial charge is 0.478 e. The number of sulfonamides is 1. The van der Waals surface area contributed by atoms with E-state index in [9.17, 15) is 22.4 Å². The highest BCUT2D eigenvalue weighted by atomic mass is 32.2. The first-order valence-corrected chi connectivity index (χ1v) is 7.60. The van der Waals surface area contributed by atoms with Crippen LogP contribution in [0.2, 0.25) is 0 Å². The maximum absolute atomic E-state index is 13.6. The number of hydrogen-bond donors (Lipinski definition) is 3. The van der Waals surface area contributed by atoms with Gasteiger partial charge in [-0.1, -0.05) is 0 Å². The average molecular weight is 316 g/mol. The molecule has 1 aliphatic carbocycles. The minimum Gasteiger partial charge on any atom is -0.478 e. The molecule has 0 aromatic heterocycles. The van der Waals surface area contributed by atoms with Gasteiger partial charge in [-0.2, -0.15) is 0 Å². The van der Waals surface area contributed by atoms with Crippen molar-refractivity contribution in [3.05, 3.63) is 29.6 Å². The van der Waals surface area contributed by atoms with Gasteiger partial charge in [0.05, 0.1) is 12.1 Å². The van der Waals surface area contributed by atoms with Crippen molar-refractivity contribution < 1.29 is 27.5 Å². The molecule has 1 aromatic rings. The summed E-state index contributed by atoms with van der Waals surface area (Å²) in [6, 6.07) is 2.49. The van der Waals surface area contributed by atoms with E-state index in [2.05, 4.69) is 5.32 Å². The summed E-state index contributed by atoms with van der Waals surface area (Å²) in [6.07, 6.45) is 1.71. The second kappa shape index (κ2) is 5.78. The van der Waals surface area contributed by atoms with Gasteiger partial charge >= 0.3 is 5.97 Å². The summed E-state index contributed by atoms with van der Waals surface area (Å²) in [6.45, 7) is -0.532. The van der Waals surface area contributed by atoms with Crippen LogP contribution in [0, 0.1) is 5.82 Å². The number of carboxylic acids is 1. The van der Waals surface area contributed by atoms with Crippen LogP contribution in [0.5, 0.6) is 0 Å². The molecule has 0 radical (unpaired) electrons. The molecular formula is C12H13FN2O5S. The standard InChI is InChI=1S/C12H13FN2O5S/c13-9-4-1-7(12(17)18)5-10(9)21(19,20)14-6-11(16)15-8-2-3-8/h1,4-5,8,14H,2-3,6H2,(H,15,16)(H,17,18). The number of carbonyl (C=O) groups excluding carboxylic acids is 1. The quantitative estimate of drug-likeness (QED) is 0.688. The van der Waals surface area contributed by atoms with Crippen LogP contribution in [0.15, 0.2) is 23.1 Å². The predicted octanol–water partition coefficient (Wildman–Crippen LogP) is 0.0808. The maximum atomic E-state index is 13.6. The summed E-state index contributed by atoms with van der Waals surface area (Å²) in [4.78, 5) is 21.4. The van der Waals surface area contributed by atoms with E-state index in [1.807, 2.05) is 4.72 Å². The molecule has 1 aliphatic rings. The fourth-order valence-corrected chi connectivity index (χ4v) is 2.67. The van der Waals surface area contributed by atoms with Crippen LogP contribution >= 0.6 is 0 Å². The maximum Gasteiger partial charge on any atom is 0.335 e. The predicted molar refractivity (Wildman–Crippen MR) is 69.7 cm³/mol. The van der Waals surface area contributed by atoms with Crippen LogP contribution in [0.1, 0.15) is 23.2 Å². The molecule has 1 saturated carbocycles. The Morgan fingerprint density at radius 1 is 1.33 bits per heavy atom. The Morgan fingerprint density at radius 2 is 2.00 bits per heavy atom. The Balaban J connectivity index is 2.12. The number of rotatable bonds is 6. The van der Waals surface area contributed by atoms with E-state index in [1.54, 1.807) is 0 Å². The van der Waals surface area contributed by atoms with Gasteiger partial charge in [-0.05, 0) is 31.0 Å². The van der Waals surface area contributed by atoms with E-state index in [4.69, 9.17) is 5.11 Å². The molecule has 0 aliphatic heterocycles. The number of halogens is 1. The molecule has 0 heterocycles. The Hall–Kier alpha value is -2.00. The number of benzene rings is 1. The zero-order valence-corrected chi connectivity index (χ0v) is 11.6. The first kappa shape index (κ1) is 15.4. The highest BCUT2D eigenvalue weighted by molar-refractivity contribution is 7.89. The normalized spacial score (nSPS) is 14.7. The zero-order valence-electron chi connectivity index (χ0n) is 10.8. The molecule has 3 N–H and O–H groups in total. The van der Waals surface area contributed by atoms with Crippen LogP contribution in [0.3, 0.4) is 0 Å². The molecular weight excluding hydrogens is 303 g/mol. The Bertz CT molecular complexity index is 685. The molecule has 21 heavy (non-hydrogen) atoms. The smallest absolute Gasteiger partial charge is 0.335 e. The summed E-state index contributed by atoms with van der Waals surface area (Å²) in [5.41, 5.74) is -0.362. The number of nitrogens with one attached hydrogen (secondary N) is 2. The number of carbonyl (C=O) groups is 2. The molecule has 9 heteroatoms. The van der Waals surface area contributed by atoms with Gasteiger partial charge in [-0.3, -0.25) is 4.79 Å². The van der Waals surface area contributed by atoms with E-state index < -0.39 is 39.2 Å². The van der Waals surface area contributed by atoms with Crippen molar-refractivity contribution in [3.8, 4) is 0 Å². The number of hydrogen-bond acceptors (Lipinski definition) is 4. The second-order valence-electron chi connectivity index (χ2n) is 4.62. The molecule has 114 valence electrons. The van der Waals surface area contributed by atoms with Gasteiger partial charge in [-0.25, -0.2) is 22.3 Å². The summed E-state index contributed by atoms with van der Waals surface area (Å²) < 4.78 is 39.3. The summed E-state index contributed by atoms with van der Waals surface area (Å²) >= 11 is 0. The summed E-state index contributed by atoms with van der Waals surface area (Å²) in [7, 11) is -4.31.